The van der Waals surface area contributed by atoms with Crippen molar-refractivity contribution >= 4 is 23.6 Å². The maximum Gasteiger partial charge on any atom is 0.416 e. The van der Waals surface area contributed by atoms with E-state index in [2.05, 4.69) is 11.1 Å². The van der Waals surface area contributed by atoms with Crippen molar-refractivity contribution in [2.24, 2.45) is 0 Å². The van der Waals surface area contributed by atoms with Gasteiger partial charge in [-0.25, -0.2) is 0 Å². The van der Waals surface area contributed by atoms with E-state index in [-0.39, 0.29) is 5.75 Å². The molecule has 0 unspecified atom stereocenters. The predicted molar refractivity (Wildman–Crippen MR) is 159 cm³/mol. The Kier molecular flexibility index (Phi) is 11.8. The SMILES string of the molecule is CS(=O)(=O)Oc1ccc(C(F)(F)F)cc1.Cc1ccc(-c2ccc(C(F)(F)F)cc2)cc1.Cc1ccc([Si](C)(C)O)cc1. The van der Waals surface area contributed by atoms with Crippen LogP contribution in [0.2, 0.25) is 13.1 Å². The molecule has 4 aromatic carbocycles. The third-order valence-electron chi connectivity index (χ3n) is 5.78. The van der Waals surface area contributed by atoms with Gasteiger partial charge in [0.15, 0.2) is 0 Å². The van der Waals surface area contributed by atoms with Crippen LogP contribution in [0.1, 0.15) is 22.3 Å². The van der Waals surface area contributed by atoms with Crippen LogP contribution >= 0.6 is 0 Å². The van der Waals surface area contributed by atoms with E-state index in [1.54, 1.807) is 0 Å². The number of benzene rings is 4. The smallest absolute Gasteiger partial charge is 0.416 e. The fraction of sp³-hybridized carbons (Fsp3) is 0.226. The van der Waals surface area contributed by atoms with E-state index in [0.29, 0.717) is 0 Å². The van der Waals surface area contributed by atoms with Crippen molar-refractivity contribution in [2.45, 2.75) is 39.3 Å². The molecular formula is C31H32F6O4SSi. The van der Waals surface area contributed by atoms with Crippen LogP contribution in [-0.2, 0) is 22.5 Å². The van der Waals surface area contributed by atoms with E-state index in [4.69, 9.17) is 0 Å². The molecule has 0 aromatic heterocycles. The fourth-order valence-corrected chi connectivity index (χ4v) is 4.88. The Morgan fingerprint density at radius 2 is 0.930 bits per heavy atom. The average molecular weight is 643 g/mol. The van der Waals surface area contributed by atoms with Gasteiger partial charge in [0.2, 0.25) is 8.32 Å². The summed E-state index contributed by atoms with van der Waals surface area (Å²) in [6.07, 6.45) is -7.90. The highest BCUT2D eigenvalue weighted by atomic mass is 32.2. The van der Waals surface area contributed by atoms with Crippen molar-refractivity contribution in [3.05, 3.63) is 119 Å². The third-order valence-corrected chi connectivity index (χ3v) is 8.03. The minimum absolute atomic E-state index is 0.148. The summed E-state index contributed by atoms with van der Waals surface area (Å²) in [6.45, 7) is 7.88. The molecule has 0 aliphatic rings. The maximum atomic E-state index is 12.4. The van der Waals surface area contributed by atoms with Crippen molar-refractivity contribution in [1.82, 2.24) is 0 Å². The first-order valence-corrected chi connectivity index (χ1v) is 17.5. The van der Waals surface area contributed by atoms with Gasteiger partial charge in [-0.1, -0.05) is 71.8 Å². The molecule has 0 heterocycles. The highest BCUT2D eigenvalue weighted by molar-refractivity contribution is 7.86. The zero-order valence-electron chi connectivity index (χ0n) is 24.1. The second-order valence-corrected chi connectivity index (χ2v) is 15.4. The lowest BCUT2D eigenvalue weighted by molar-refractivity contribution is -0.138. The van der Waals surface area contributed by atoms with Gasteiger partial charge >= 0.3 is 22.5 Å². The second-order valence-electron chi connectivity index (χ2n) is 10.2. The second kappa shape index (κ2) is 14.2. The zero-order valence-corrected chi connectivity index (χ0v) is 25.9. The Labute approximate surface area is 248 Å². The summed E-state index contributed by atoms with van der Waals surface area (Å²) in [5, 5.41) is 1.10. The van der Waals surface area contributed by atoms with Crippen LogP contribution in [0.25, 0.3) is 11.1 Å². The molecule has 4 rings (SSSR count). The third kappa shape index (κ3) is 12.6. The molecule has 0 aliphatic heterocycles. The van der Waals surface area contributed by atoms with Gasteiger partial charge in [-0.15, -0.1) is 0 Å². The van der Waals surface area contributed by atoms with Gasteiger partial charge in [0.05, 0.1) is 17.4 Å². The topological polar surface area (TPSA) is 63.6 Å². The molecule has 4 nitrogen and oxygen atoms in total. The lowest BCUT2D eigenvalue weighted by atomic mass is 10.0. The Bertz CT molecular complexity index is 1540. The zero-order chi connectivity index (χ0) is 32.6. The number of halogens is 6. The minimum atomic E-state index is -4.44. The van der Waals surface area contributed by atoms with Crippen molar-refractivity contribution in [1.29, 1.82) is 0 Å². The molecule has 1 N–H and O–H groups in total. The molecule has 0 atom stereocenters. The summed E-state index contributed by atoms with van der Waals surface area (Å²) in [6, 6.07) is 24.4. The molecule has 232 valence electrons. The molecule has 4 aromatic rings. The summed E-state index contributed by atoms with van der Waals surface area (Å²) in [5.74, 6) is -0.148. The number of hydrogen-bond acceptors (Lipinski definition) is 4. The lowest BCUT2D eigenvalue weighted by Gasteiger charge is -2.13. The van der Waals surface area contributed by atoms with Gasteiger partial charge in [0, 0.05) is 0 Å². The molecule has 0 radical (unpaired) electrons. The van der Waals surface area contributed by atoms with Gasteiger partial charge in [-0.2, -0.15) is 34.8 Å². The Hall–Kier alpha value is -3.61. The van der Waals surface area contributed by atoms with Crippen LogP contribution in [-0.4, -0.2) is 27.8 Å². The maximum absolute atomic E-state index is 12.4. The van der Waals surface area contributed by atoms with Crippen LogP contribution in [0, 0.1) is 13.8 Å². The van der Waals surface area contributed by atoms with E-state index in [9.17, 15) is 39.6 Å². The number of alkyl halides is 6. The molecule has 0 saturated heterocycles. The Morgan fingerprint density at radius 3 is 1.26 bits per heavy atom. The molecule has 0 fully saturated rings. The molecule has 0 aliphatic carbocycles. The molecule has 0 bridgehead atoms. The monoisotopic (exact) mass is 642 g/mol. The molecule has 12 heteroatoms. The number of hydrogen-bond donors (Lipinski definition) is 1. The lowest BCUT2D eigenvalue weighted by Crippen LogP contribution is -2.41. The first-order chi connectivity index (χ1) is 19.6. The molecular weight excluding hydrogens is 610 g/mol. The van der Waals surface area contributed by atoms with Gasteiger partial charge in [0.25, 0.3) is 0 Å². The standard InChI is InChI=1S/C14H11F3.C9H14OSi.C8H7F3O3S/c1-10-2-4-11(5-3-10)12-6-8-13(9-7-12)14(15,16)17;1-8-4-6-9(7-5-8)11(2,3)10;1-15(12,13)14-7-4-2-6(3-5-7)8(9,10)11/h2-9H,1H3;4-7,10H,1-3H3;2-5H,1H3. The van der Waals surface area contributed by atoms with Crippen LogP contribution < -0.4 is 9.37 Å². The summed E-state index contributed by atoms with van der Waals surface area (Å²) >= 11 is 0. The van der Waals surface area contributed by atoms with Crippen molar-refractivity contribution in [3.8, 4) is 16.9 Å². The van der Waals surface area contributed by atoms with Crippen molar-refractivity contribution in [3.63, 3.8) is 0 Å². The average Bonchev–Trinajstić information content (AvgIpc) is 2.88. The molecule has 0 spiro atoms. The Balaban J connectivity index is 0.000000231. The van der Waals surface area contributed by atoms with Crippen molar-refractivity contribution < 1.29 is 43.7 Å². The predicted octanol–water partition coefficient (Wildman–Crippen LogP) is 8.12. The van der Waals surface area contributed by atoms with Gasteiger partial charge in [-0.3, -0.25) is 0 Å². The molecule has 0 saturated carbocycles. The van der Waals surface area contributed by atoms with Crippen LogP contribution in [0.3, 0.4) is 0 Å². The summed E-state index contributed by atoms with van der Waals surface area (Å²) in [5.41, 5.74) is 2.60. The van der Waals surface area contributed by atoms with E-state index in [1.807, 2.05) is 68.5 Å². The normalized spacial score (nSPS) is 11.9. The number of aryl methyl sites for hydroxylation is 2. The summed E-state index contributed by atoms with van der Waals surface area (Å²) in [7, 11) is -5.76. The van der Waals surface area contributed by atoms with Gasteiger partial charge in [0.1, 0.15) is 5.75 Å². The largest absolute Gasteiger partial charge is 0.428 e. The fourth-order valence-electron chi connectivity index (χ4n) is 3.43. The first-order valence-electron chi connectivity index (χ1n) is 12.8. The molecule has 0 amide bonds. The van der Waals surface area contributed by atoms with Gasteiger partial charge < -0.3 is 8.98 Å². The first kappa shape index (κ1) is 35.6. The van der Waals surface area contributed by atoms with Gasteiger partial charge in [-0.05, 0) is 79.7 Å². The molecule has 43 heavy (non-hydrogen) atoms. The van der Waals surface area contributed by atoms with Crippen LogP contribution in [0.15, 0.2) is 97.1 Å². The quantitative estimate of drug-likeness (QED) is 0.139. The van der Waals surface area contributed by atoms with Crippen molar-refractivity contribution in [2.75, 3.05) is 6.26 Å². The van der Waals surface area contributed by atoms with E-state index in [0.717, 1.165) is 64.5 Å². The highest BCUT2D eigenvalue weighted by Gasteiger charge is 2.30. The number of rotatable bonds is 4. The van der Waals surface area contributed by atoms with E-state index in [1.165, 1.54) is 17.7 Å². The van der Waals surface area contributed by atoms with Crippen LogP contribution in [0.4, 0.5) is 26.3 Å². The summed E-state index contributed by atoms with van der Waals surface area (Å²) in [4.78, 5) is 9.72. The summed E-state index contributed by atoms with van der Waals surface area (Å²) < 4.78 is 99.1. The highest BCUT2D eigenvalue weighted by Crippen LogP contribution is 2.31. The Morgan fingerprint density at radius 1 is 0.605 bits per heavy atom. The minimum Gasteiger partial charge on any atom is -0.428 e. The van der Waals surface area contributed by atoms with E-state index < -0.39 is 41.9 Å². The van der Waals surface area contributed by atoms with E-state index >= 15 is 0 Å². The van der Waals surface area contributed by atoms with Crippen LogP contribution in [0.5, 0.6) is 5.75 Å².